The molecule has 1 aromatic rings. The van der Waals surface area contributed by atoms with Crippen LogP contribution in [0.1, 0.15) is 23.2 Å². The molecule has 0 radical (unpaired) electrons. The number of benzene rings is 1. The van der Waals surface area contributed by atoms with E-state index < -0.39 is 5.97 Å². The quantitative estimate of drug-likeness (QED) is 0.663. The molecule has 1 amide bonds. The van der Waals surface area contributed by atoms with Crippen molar-refractivity contribution in [3.8, 4) is 0 Å². The summed E-state index contributed by atoms with van der Waals surface area (Å²) in [5.41, 5.74) is 1.11. The van der Waals surface area contributed by atoms with Crippen molar-refractivity contribution in [1.29, 1.82) is 0 Å². The van der Waals surface area contributed by atoms with Gasteiger partial charge in [-0.2, -0.15) is 0 Å². The largest absolute Gasteiger partial charge is 0.478 e. The molecule has 3 N–H and O–H groups in total. The summed E-state index contributed by atoms with van der Waals surface area (Å²) < 4.78 is 0. The minimum atomic E-state index is -0.932. The lowest BCUT2D eigenvalue weighted by Crippen LogP contribution is -2.29. The minimum Gasteiger partial charge on any atom is -0.478 e. The lowest BCUT2D eigenvalue weighted by molar-refractivity contribution is -0.122. The van der Waals surface area contributed by atoms with Gasteiger partial charge in [-0.25, -0.2) is 4.79 Å². The summed E-state index contributed by atoms with van der Waals surface area (Å²) >= 11 is 0. The van der Waals surface area contributed by atoms with E-state index in [1.807, 2.05) is 0 Å². The van der Waals surface area contributed by atoms with Crippen LogP contribution in [0.25, 0.3) is 0 Å². The predicted molar refractivity (Wildman–Crippen MR) is 67.6 cm³/mol. The summed E-state index contributed by atoms with van der Waals surface area (Å²) in [5, 5.41) is 14.7. The molecule has 0 bridgehead atoms. The molecule has 96 valence electrons. The van der Waals surface area contributed by atoms with Crippen LogP contribution >= 0.6 is 0 Å². The maximum absolute atomic E-state index is 11.3. The van der Waals surface area contributed by atoms with Crippen molar-refractivity contribution < 1.29 is 14.7 Å². The van der Waals surface area contributed by atoms with E-state index in [1.54, 1.807) is 24.3 Å². The number of carboxylic acids is 1. The van der Waals surface area contributed by atoms with Crippen molar-refractivity contribution in [2.24, 2.45) is 5.92 Å². The van der Waals surface area contributed by atoms with E-state index in [0.29, 0.717) is 13.1 Å². The maximum atomic E-state index is 11.3. The van der Waals surface area contributed by atoms with Crippen molar-refractivity contribution in [2.75, 3.05) is 18.4 Å². The monoisotopic (exact) mass is 248 g/mol. The number of carbonyl (C=O) groups excluding carboxylic acids is 1. The average Bonchev–Trinajstić information content (AvgIpc) is 3.19. The lowest BCUT2D eigenvalue weighted by Gasteiger charge is -2.07. The molecule has 5 nitrogen and oxygen atoms in total. The molecule has 0 atom stereocenters. The summed E-state index contributed by atoms with van der Waals surface area (Å²) in [5.74, 6) is -0.559. The van der Waals surface area contributed by atoms with Crippen molar-refractivity contribution in [1.82, 2.24) is 5.32 Å². The van der Waals surface area contributed by atoms with E-state index >= 15 is 0 Å². The first-order valence-electron chi connectivity index (χ1n) is 6.02. The van der Waals surface area contributed by atoms with Crippen LogP contribution in [0.15, 0.2) is 24.3 Å². The SMILES string of the molecule is O=C(O)c1ccc(NCCNC(=O)C2CC2)cc1. The van der Waals surface area contributed by atoms with Crippen LogP contribution in [0.2, 0.25) is 0 Å². The van der Waals surface area contributed by atoms with E-state index in [0.717, 1.165) is 18.5 Å². The number of amides is 1. The summed E-state index contributed by atoms with van der Waals surface area (Å²) in [6.45, 7) is 1.21. The smallest absolute Gasteiger partial charge is 0.335 e. The number of rotatable bonds is 6. The van der Waals surface area contributed by atoms with Gasteiger partial charge in [0.05, 0.1) is 5.56 Å². The first kappa shape index (κ1) is 12.4. The molecule has 1 aliphatic rings. The van der Waals surface area contributed by atoms with Gasteiger partial charge in [-0.1, -0.05) is 0 Å². The highest BCUT2D eigenvalue weighted by atomic mass is 16.4. The van der Waals surface area contributed by atoms with Gasteiger partial charge >= 0.3 is 5.97 Å². The number of aromatic carboxylic acids is 1. The Morgan fingerprint density at radius 3 is 2.39 bits per heavy atom. The molecular weight excluding hydrogens is 232 g/mol. The minimum absolute atomic E-state index is 0.137. The van der Waals surface area contributed by atoms with Crippen LogP contribution in [0.3, 0.4) is 0 Å². The van der Waals surface area contributed by atoms with Gasteiger partial charge in [0.15, 0.2) is 0 Å². The Balaban J connectivity index is 1.69. The fraction of sp³-hybridized carbons (Fsp3) is 0.385. The zero-order chi connectivity index (χ0) is 13.0. The van der Waals surface area contributed by atoms with Crippen molar-refractivity contribution in [3.05, 3.63) is 29.8 Å². The van der Waals surface area contributed by atoms with Gasteiger partial charge in [0.2, 0.25) is 5.91 Å². The van der Waals surface area contributed by atoms with Gasteiger partial charge in [-0.3, -0.25) is 4.79 Å². The molecule has 0 aromatic heterocycles. The lowest BCUT2D eigenvalue weighted by atomic mass is 10.2. The predicted octanol–water partition coefficient (Wildman–Crippen LogP) is 1.32. The highest BCUT2D eigenvalue weighted by Crippen LogP contribution is 2.28. The Bertz CT molecular complexity index is 438. The molecule has 0 aliphatic heterocycles. The third-order valence-electron chi connectivity index (χ3n) is 2.83. The van der Waals surface area contributed by atoms with Crippen molar-refractivity contribution in [3.63, 3.8) is 0 Å². The van der Waals surface area contributed by atoms with Crippen molar-refractivity contribution in [2.45, 2.75) is 12.8 Å². The molecule has 0 heterocycles. The Hall–Kier alpha value is -2.04. The number of nitrogens with one attached hydrogen (secondary N) is 2. The number of carbonyl (C=O) groups is 2. The molecule has 5 heteroatoms. The topological polar surface area (TPSA) is 78.4 Å². The molecule has 2 rings (SSSR count). The summed E-state index contributed by atoms with van der Waals surface area (Å²) in [7, 11) is 0. The van der Waals surface area contributed by atoms with E-state index in [9.17, 15) is 9.59 Å². The molecule has 1 saturated carbocycles. The third kappa shape index (κ3) is 3.48. The first-order chi connectivity index (χ1) is 8.66. The first-order valence-corrected chi connectivity index (χ1v) is 6.02. The maximum Gasteiger partial charge on any atom is 0.335 e. The number of hydrogen-bond donors (Lipinski definition) is 3. The fourth-order valence-corrected chi connectivity index (χ4v) is 1.61. The van der Waals surface area contributed by atoms with Crippen LogP contribution in [-0.2, 0) is 4.79 Å². The van der Waals surface area contributed by atoms with Crippen molar-refractivity contribution >= 4 is 17.6 Å². The van der Waals surface area contributed by atoms with Gasteiger partial charge < -0.3 is 15.7 Å². The van der Waals surface area contributed by atoms with E-state index in [-0.39, 0.29) is 17.4 Å². The number of hydrogen-bond acceptors (Lipinski definition) is 3. The van der Waals surface area contributed by atoms with Crippen LogP contribution in [0.5, 0.6) is 0 Å². The van der Waals surface area contributed by atoms with Crippen LogP contribution in [0.4, 0.5) is 5.69 Å². The molecule has 1 aromatic carbocycles. The summed E-state index contributed by atoms with van der Waals surface area (Å²) in [4.78, 5) is 22.0. The van der Waals surface area contributed by atoms with E-state index in [2.05, 4.69) is 10.6 Å². The zero-order valence-corrected chi connectivity index (χ0v) is 9.98. The Morgan fingerprint density at radius 2 is 1.83 bits per heavy atom. The standard InChI is InChI=1S/C13H16N2O3/c16-12(9-1-2-9)15-8-7-14-11-5-3-10(4-6-11)13(17)18/h3-6,9,14H,1-2,7-8H2,(H,15,16)(H,17,18). The summed E-state index contributed by atoms with van der Waals surface area (Å²) in [6.07, 6.45) is 2.02. The molecule has 18 heavy (non-hydrogen) atoms. The second-order valence-corrected chi connectivity index (χ2v) is 4.37. The molecule has 0 saturated heterocycles. The van der Waals surface area contributed by atoms with E-state index in [4.69, 9.17) is 5.11 Å². The Morgan fingerprint density at radius 1 is 1.17 bits per heavy atom. The zero-order valence-electron chi connectivity index (χ0n) is 9.98. The molecule has 0 unspecified atom stereocenters. The molecule has 0 spiro atoms. The van der Waals surface area contributed by atoms with Gasteiger partial charge in [0.25, 0.3) is 0 Å². The normalized spacial score (nSPS) is 14.0. The molecule has 1 fully saturated rings. The number of carboxylic acid groups (broad SMARTS) is 1. The second kappa shape index (κ2) is 5.53. The fourth-order valence-electron chi connectivity index (χ4n) is 1.61. The summed E-state index contributed by atoms with van der Waals surface area (Å²) in [6, 6.07) is 6.53. The molecular formula is C13H16N2O3. The Labute approximate surface area is 105 Å². The van der Waals surface area contributed by atoms with E-state index in [1.165, 1.54) is 0 Å². The van der Waals surface area contributed by atoms with Gasteiger partial charge in [-0.15, -0.1) is 0 Å². The van der Waals surface area contributed by atoms with Crippen LogP contribution in [0, 0.1) is 5.92 Å². The highest BCUT2D eigenvalue weighted by molar-refractivity contribution is 5.88. The van der Waals surface area contributed by atoms with Crippen LogP contribution < -0.4 is 10.6 Å². The van der Waals surface area contributed by atoms with Gasteiger partial charge in [-0.05, 0) is 37.1 Å². The Kier molecular flexibility index (Phi) is 3.82. The number of anilines is 1. The van der Waals surface area contributed by atoms with Gasteiger partial charge in [0.1, 0.15) is 0 Å². The highest BCUT2D eigenvalue weighted by Gasteiger charge is 2.28. The second-order valence-electron chi connectivity index (χ2n) is 4.37. The molecule has 1 aliphatic carbocycles. The third-order valence-corrected chi connectivity index (χ3v) is 2.83. The van der Waals surface area contributed by atoms with Crippen LogP contribution in [-0.4, -0.2) is 30.1 Å². The average molecular weight is 248 g/mol. The van der Waals surface area contributed by atoms with Gasteiger partial charge in [0, 0.05) is 24.7 Å².